The van der Waals surface area contributed by atoms with E-state index >= 15 is 0 Å². The summed E-state index contributed by atoms with van der Waals surface area (Å²) in [6.07, 6.45) is 12.1. The maximum atomic E-state index is 11.9. The second-order valence-corrected chi connectivity index (χ2v) is 13.0. The first-order chi connectivity index (χ1) is 16.8. The largest absolute Gasteiger partial charge is 0.462 e. The number of allylic oxidation sites excluding steroid dienone is 3. The Morgan fingerprint density at radius 2 is 1.78 bits per heavy atom. The SMILES string of the molecule is C=C1CCC(CC=C2CCC3(OC2)OC2(O)CCC3(C)OC2(C)C)C(C)(C)C1CC=C1CCOC1=O. The number of rotatable bonds is 4. The van der Waals surface area contributed by atoms with Crippen molar-refractivity contribution < 1.29 is 28.8 Å². The molecule has 6 nitrogen and oxygen atoms in total. The molecule has 1 aliphatic carbocycles. The zero-order chi connectivity index (χ0) is 26.0. The molecule has 2 bridgehead atoms. The molecule has 200 valence electrons. The van der Waals surface area contributed by atoms with E-state index in [1.165, 1.54) is 11.1 Å². The quantitative estimate of drug-likeness (QED) is 0.301. The Morgan fingerprint density at radius 1 is 1.00 bits per heavy atom. The minimum absolute atomic E-state index is 0.0878. The van der Waals surface area contributed by atoms with Crippen LogP contribution in [0.4, 0.5) is 0 Å². The molecule has 5 heterocycles. The monoisotopic (exact) mass is 500 g/mol. The minimum Gasteiger partial charge on any atom is -0.462 e. The number of hydrogen-bond acceptors (Lipinski definition) is 6. The molecule has 36 heavy (non-hydrogen) atoms. The number of esters is 1. The number of carbonyl (C=O) groups is 1. The van der Waals surface area contributed by atoms with Gasteiger partial charge in [0.25, 0.3) is 0 Å². The van der Waals surface area contributed by atoms with Gasteiger partial charge in [-0.25, -0.2) is 4.79 Å². The standard InChI is InChI=1S/C30H44O6/c1-20-7-10-23(26(2,3)24(20)12-9-22-14-18-33-25(22)31)11-8-21-13-15-30(34-19-21)28(6)16-17-29(32,36-30)27(4,5)35-28/h8-9,23-24,32H,1,7,10-19H2,2-6H3. The van der Waals surface area contributed by atoms with Crippen molar-refractivity contribution in [3.8, 4) is 0 Å². The lowest BCUT2D eigenvalue weighted by Crippen LogP contribution is -2.78. The summed E-state index contributed by atoms with van der Waals surface area (Å²) < 4.78 is 24.3. The molecule has 5 unspecified atom stereocenters. The van der Waals surface area contributed by atoms with Gasteiger partial charge in [-0.15, -0.1) is 0 Å². The van der Waals surface area contributed by atoms with E-state index in [1.807, 2.05) is 13.8 Å². The Bertz CT molecular complexity index is 979. The highest BCUT2D eigenvalue weighted by molar-refractivity contribution is 5.90. The third kappa shape index (κ3) is 4.13. The molecule has 1 spiro atoms. The van der Waals surface area contributed by atoms with E-state index in [2.05, 4.69) is 39.5 Å². The van der Waals surface area contributed by atoms with Gasteiger partial charge in [0, 0.05) is 24.8 Å². The number of cyclic esters (lactones) is 1. The van der Waals surface area contributed by atoms with Crippen LogP contribution in [0.3, 0.4) is 0 Å². The molecule has 0 aromatic rings. The highest BCUT2D eigenvalue weighted by Crippen LogP contribution is 2.59. The third-order valence-electron chi connectivity index (χ3n) is 10.2. The lowest BCUT2D eigenvalue weighted by atomic mass is 9.58. The Hall–Kier alpha value is -1.47. The van der Waals surface area contributed by atoms with Crippen molar-refractivity contribution in [2.75, 3.05) is 13.2 Å². The molecule has 1 N–H and O–H groups in total. The fourth-order valence-corrected chi connectivity index (χ4v) is 7.37. The van der Waals surface area contributed by atoms with E-state index in [1.54, 1.807) is 0 Å². The molecule has 0 aromatic heterocycles. The molecule has 1 saturated carbocycles. The Kier molecular flexibility index (Phi) is 6.39. The van der Waals surface area contributed by atoms with E-state index < -0.39 is 22.8 Å². The van der Waals surface area contributed by atoms with Crippen LogP contribution in [0.15, 0.2) is 35.5 Å². The van der Waals surface area contributed by atoms with Crippen LogP contribution >= 0.6 is 0 Å². The van der Waals surface area contributed by atoms with Crippen LogP contribution in [0.25, 0.3) is 0 Å². The van der Waals surface area contributed by atoms with Gasteiger partial charge in [0.05, 0.1) is 13.2 Å². The maximum Gasteiger partial charge on any atom is 0.333 e. The molecular weight excluding hydrogens is 456 g/mol. The number of hydrogen-bond donors (Lipinski definition) is 1. The van der Waals surface area contributed by atoms with Crippen molar-refractivity contribution in [1.82, 2.24) is 0 Å². The summed E-state index contributed by atoms with van der Waals surface area (Å²) >= 11 is 0. The normalized spacial score (nSPS) is 43.9. The second-order valence-electron chi connectivity index (χ2n) is 13.0. The van der Waals surface area contributed by atoms with Gasteiger partial charge < -0.3 is 24.1 Å². The lowest BCUT2D eigenvalue weighted by Gasteiger charge is -2.66. The van der Waals surface area contributed by atoms with Crippen molar-refractivity contribution in [3.63, 3.8) is 0 Å². The van der Waals surface area contributed by atoms with Gasteiger partial charge in [0.15, 0.2) is 5.79 Å². The second kappa shape index (κ2) is 8.79. The molecule has 0 radical (unpaired) electrons. The molecule has 6 heteroatoms. The molecule has 5 saturated heterocycles. The molecule has 6 rings (SSSR count). The highest BCUT2D eigenvalue weighted by Gasteiger charge is 2.70. The average molecular weight is 501 g/mol. The van der Waals surface area contributed by atoms with Gasteiger partial charge >= 0.3 is 5.97 Å². The highest BCUT2D eigenvalue weighted by atomic mass is 16.8. The molecule has 6 aliphatic rings. The van der Waals surface area contributed by atoms with Gasteiger partial charge in [-0.05, 0) is 82.1 Å². The van der Waals surface area contributed by atoms with E-state index in [-0.39, 0.29) is 11.4 Å². The Labute approximate surface area is 216 Å². The molecule has 0 amide bonds. The number of carbonyl (C=O) groups excluding carboxylic acids is 1. The van der Waals surface area contributed by atoms with Gasteiger partial charge in [-0.1, -0.05) is 38.2 Å². The fraction of sp³-hybridized carbons (Fsp3) is 0.767. The topological polar surface area (TPSA) is 74.2 Å². The zero-order valence-corrected chi connectivity index (χ0v) is 22.8. The number of ether oxygens (including phenoxy) is 4. The first kappa shape index (κ1) is 26.1. The van der Waals surface area contributed by atoms with Crippen LogP contribution in [-0.2, 0) is 23.7 Å². The van der Waals surface area contributed by atoms with E-state index in [0.29, 0.717) is 37.9 Å². The Balaban J connectivity index is 1.23. The summed E-state index contributed by atoms with van der Waals surface area (Å²) in [6, 6.07) is 0. The summed E-state index contributed by atoms with van der Waals surface area (Å²) in [5.41, 5.74) is 2.18. The first-order valence-corrected chi connectivity index (χ1v) is 13.8. The molecule has 5 atom stereocenters. The summed E-state index contributed by atoms with van der Waals surface area (Å²) in [4.78, 5) is 11.9. The first-order valence-electron chi connectivity index (χ1n) is 13.8. The van der Waals surface area contributed by atoms with Crippen molar-refractivity contribution in [1.29, 1.82) is 0 Å². The summed E-state index contributed by atoms with van der Waals surface area (Å²) in [7, 11) is 0. The van der Waals surface area contributed by atoms with Crippen LogP contribution in [-0.4, -0.2) is 47.1 Å². The van der Waals surface area contributed by atoms with Crippen molar-refractivity contribution in [2.24, 2.45) is 17.3 Å². The van der Waals surface area contributed by atoms with E-state index in [9.17, 15) is 9.90 Å². The van der Waals surface area contributed by atoms with Crippen molar-refractivity contribution >= 4 is 5.97 Å². The van der Waals surface area contributed by atoms with Crippen molar-refractivity contribution in [3.05, 3.63) is 35.5 Å². The smallest absolute Gasteiger partial charge is 0.333 e. The minimum atomic E-state index is -1.32. The van der Waals surface area contributed by atoms with Gasteiger partial charge in [-0.2, -0.15) is 0 Å². The van der Waals surface area contributed by atoms with Crippen LogP contribution in [0.5, 0.6) is 0 Å². The predicted molar refractivity (Wildman–Crippen MR) is 137 cm³/mol. The van der Waals surface area contributed by atoms with E-state index in [0.717, 1.165) is 50.5 Å². The number of aliphatic hydroxyl groups is 1. The summed E-state index contributed by atoms with van der Waals surface area (Å²) in [6.45, 7) is 16.0. The van der Waals surface area contributed by atoms with E-state index in [4.69, 9.17) is 18.9 Å². The molecule has 6 fully saturated rings. The molecular formula is C30H44O6. The lowest BCUT2D eigenvalue weighted by molar-refractivity contribution is -0.518. The predicted octanol–water partition coefficient (Wildman–Crippen LogP) is 5.75. The van der Waals surface area contributed by atoms with Crippen LogP contribution in [0.1, 0.15) is 92.4 Å². The Morgan fingerprint density at radius 3 is 2.42 bits per heavy atom. The van der Waals surface area contributed by atoms with Gasteiger partial charge in [-0.3, -0.25) is 0 Å². The van der Waals surface area contributed by atoms with Gasteiger partial charge in [0.2, 0.25) is 5.79 Å². The van der Waals surface area contributed by atoms with Crippen LogP contribution < -0.4 is 0 Å². The van der Waals surface area contributed by atoms with Crippen LogP contribution in [0, 0.1) is 17.3 Å². The molecule has 0 aromatic carbocycles. The third-order valence-corrected chi connectivity index (χ3v) is 10.2. The van der Waals surface area contributed by atoms with Crippen LogP contribution in [0.2, 0.25) is 0 Å². The number of fused-ring (bicyclic) bond motifs is 2. The zero-order valence-electron chi connectivity index (χ0n) is 22.8. The average Bonchev–Trinajstić information content (AvgIpc) is 3.20. The summed E-state index contributed by atoms with van der Waals surface area (Å²) in [5.74, 6) is -1.48. The van der Waals surface area contributed by atoms with Gasteiger partial charge in [0.1, 0.15) is 11.2 Å². The van der Waals surface area contributed by atoms with Crippen molar-refractivity contribution in [2.45, 2.75) is 115 Å². The maximum absolute atomic E-state index is 11.9. The summed E-state index contributed by atoms with van der Waals surface area (Å²) in [5, 5.41) is 11.2. The fourth-order valence-electron chi connectivity index (χ4n) is 7.37. The molecule has 5 aliphatic heterocycles.